The largest absolute Gasteiger partial charge is 0.454 e. The van der Waals surface area contributed by atoms with Crippen LogP contribution in [0.2, 0.25) is 10.0 Å². The summed E-state index contributed by atoms with van der Waals surface area (Å²) in [5.41, 5.74) is 1.89. The van der Waals surface area contributed by atoms with Crippen molar-refractivity contribution in [2.24, 2.45) is 0 Å². The van der Waals surface area contributed by atoms with Gasteiger partial charge >= 0.3 is 0 Å². The molecule has 0 radical (unpaired) electrons. The second-order valence-corrected chi connectivity index (χ2v) is 7.81. The van der Waals surface area contributed by atoms with Crippen LogP contribution < -0.4 is 10.1 Å². The number of imide groups is 1. The summed E-state index contributed by atoms with van der Waals surface area (Å²) in [4.78, 5) is 27.8. The van der Waals surface area contributed by atoms with Crippen LogP contribution in [0.4, 0.5) is 4.79 Å². The lowest BCUT2D eigenvalue weighted by Gasteiger charge is -2.15. The van der Waals surface area contributed by atoms with Crippen molar-refractivity contribution in [3.8, 4) is 11.5 Å². The molecule has 1 aromatic heterocycles. The first-order chi connectivity index (χ1) is 12.0. The van der Waals surface area contributed by atoms with Gasteiger partial charge in [0.25, 0.3) is 5.24 Å². The molecule has 2 heterocycles. The maximum atomic E-state index is 11.9. The normalized spacial score (nSPS) is 22.0. The average molecular weight is 395 g/mol. The highest BCUT2D eigenvalue weighted by molar-refractivity contribution is 8.15. The van der Waals surface area contributed by atoms with Crippen molar-refractivity contribution in [3.63, 3.8) is 0 Å². The van der Waals surface area contributed by atoms with Crippen LogP contribution in [0.3, 0.4) is 0 Å². The lowest BCUT2D eigenvalue weighted by molar-refractivity contribution is -0.119. The Hall–Kier alpha value is -1.76. The molecule has 2 atom stereocenters. The van der Waals surface area contributed by atoms with Gasteiger partial charge in [-0.2, -0.15) is 0 Å². The van der Waals surface area contributed by atoms with E-state index in [1.165, 1.54) is 0 Å². The summed E-state index contributed by atoms with van der Waals surface area (Å²) in [7, 11) is 0. The maximum Gasteiger partial charge on any atom is 0.286 e. The Morgan fingerprint density at radius 2 is 2.08 bits per heavy atom. The van der Waals surface area contributed by atoms with Gasteiger partial charge < -0.3 is 4.74 Å². The Kier molecular flexibility index (Phi) is 4.35. The molecule has 0 spiro atoms. The predicted molar refractivity (Wildman–Crippen MR) is 96.8 cm³/mol. The van der Waals surface area contributed by atoms with Crippen LogP contribution >= 0.6 is 35.0 Å². The quantitative estimate of drug-likeness (QED) is 0.825. The van der Waals surface area contributed by atoms with E-state index in [1.807, 2.05) is 6.07 Å². The number of nitrogens with zero attached hydrogens (tertiary/aromatic N) is 1. The molecule has 0 saturated carbocycles. The number of thioether (sulfide) groups is 1. The van der Waals surface area contributed by atoms with Gasteiger partial charge in [0.15, 0.2) is 0 Å². The van der Waals surface area contributed by atoms with Crippen LogP contribution in [0, 0.1) is 0 Å². The van der Waals surface area contributed by atoms with Gasteiger partial charge in [-0.05, 0) is 42.7 Å². The molecule has 1 N–H and O–H groups in total. The summed E-state index contributed by atoms with van der Waals surface area (Å²) >= 11 is 13.1. The van der Waals surface area contributed by atoms with Crippen LogP contribution in [0.5, 0.6) is 11.5 Å². The number of benzene rings is 1. The number of rotatable bonds is 3. The zero-order valence-corrected chi connectivity index (χ0v) is 15.1. The Morgan fingerprint density at radius 3 is 2.80 bits per heavy atom. The van der Waals surface area contributed by atoms with Gasteiger partial charge in [-0.15, -0.1) is 0 Å². The third-order valence-electron chi connectivity index (χ3n) is 4.26. The van der Waals surface area contributed by atoms with Crippen LogP contribution in [0.1, 0.15) is 23.6 Å². The molecular weight excluding hydrogens is 383 g/mol. The third-order valence-corrected chi connectivity index (χ3v) is 5.90. The summed E-state index contributed by atoms with van der Waals surface area (Å²) in [5.74, 6) is 0.782. The van der Waals surface area contributed by atoms with Crippen molar-refractivity contribution in [2.75, 3.05) is 0 Å². The molecule has 2 aliphatic rings. The van der Waals surface area contributed by atoms with Gasteiger partial charge in [0.1, 0.15) is 16.7 Å². The molecule has 1 saturated heterocycles. The van der Waals surface area contributed by atoms with Crippen molar-refractivity contribution in [1.29, 1.82) is 0 Å². The fourth-order valence-electron chi connectivity index (χ4n) is 3.15. The van der Waals surface area contributed by atoms with Gasteiger partial charge in [-0.3, -0.25) is 19.9 Å². The molecule has 128 valence electrons. The molecule has 2 unspecified atom stereocenters. The molecule has 1 aromatic carbocycles. The Labute approximate surface area is 158 Å². The smallest absolute Gasteiger partial charge is 0.286 e. The SMILES string of the molecule is O=C1NC(=O)C(C2CCc3cc(Oc4ccc(Cl)cc4Cl)cnc32)S1. The zero-order valence-electron chi connectivity index (χ0n) is 12.8. The van der Waals surface area contributed by atoms with Gasteiger partial charge in [0.2, 0.25) is 5.91 Å². The number of nitrogens with one attached hydrogen (secondary N) is 1. The van der Waals surface area contributed by atoms with E-state index in [0.717, 1.165) is 35.9 Å². The van der Waals surface area contributed by atoms with E-state index in [0.29, 0.717) is 21.5 Å². The molecular formula is C17H12Cl2N2O3S. The Morgan fingerprint density at radius 1 is 1.24 bits per heavy atom. The van der Waals surface area contributed by atoms with Gasteiger partial charge in [-0.1, -0.05) is 35.0 Å². The first kappa shape index (κ1) is 16.7. The lowest BCUT2D eigenvalue weighted by atomic mass is 10.0. The Bertz CT molecular complexity index is 890. The minimum atomic E-state index is -0.404. The van der Waals surface area contributed by atoms with E-state index in [9.17, 15) is 9.59 Å². The number of hydrogen-bond donors (Lipinski definition) is 1. The van der Waals surface area contributed by atoms with E-state index in [2.05, 4.69) is 10.3 Å². The number of pyridine rings is 1. The van der Waals surface area contributed by atoms with Gasteiger partial charge in [0.05, 0.1) is 11.2 Å². The minimum absolute atomic E-state index is 0.0559. The lowest BCUT2D eigenvalue weighted by Crippen LogP contribution is -2.28. The van der Waals surface area contributed by atoms with Crippen LogP contribution in [0.15, 0.2) is 30.5 Å². The molecule has 2 amide bonds. The predicted octanol–water partition coefficient (Wildman–Crippen LogP) is 4.56. The number of fused-ring (bicyclic) bond motifs is 1. The van der Waals surface area contributed by atoms with E-state index in [4.69, 9.17) is 27.9 Å². The van der Waals surface area contributed by atoms with Crippen molar-refractivity contribution >= 4 is 46.1 Å². The number of aryl methyl sites for hydroxylation is 1. The molecule has 5 nitrogen and oxygen atoms in total. The summed E-state index contributed by atoms with van der Waals surface area (Å²) in [5, 5.41) is 2.60. The minimum Gasteiger partial charge on any atom is -0.454 e. The van der Waals surface area contributed by atoms with Crippen LogP contribution in [-0.2, 0) is 11.2 Å². The molecule has 25 heavy (non-hydrogen) atoms. The second-order valence-electron chi connectivity index (χ2n) is 5.85. The Balaban J connectivity index is 1.57. The number of halogens is 2. The van der Waals surface area contributed by atoms with Crippen molar-refractivity contribution in [1.82, 2.24) is 10.3 Å². The number of aromatic nitrogens is 1. The van der Waals surface area contributed by atoms with E-state index < -0.39 is 5.25 Å². The molecule has 1 aliphatic carbocycles. The van der Waals surface area contributed by atoms with Crippen LogP contribution in [0.25, 0.3) is 0 Å². The molecule has 1 fully saturated rings. The number of hydrogen-bond acceptors (Lipinski definition) is 5. The van der Waals surface area contributed by atoms with Crippen molar-refractivity contribution in [2.45, 2.75) is 24.0 Å². The average Bonchev–Trinajstić information content (AvgIpc) is 3.12. The van der Waals surface area contributed by atoms with E-state index in [-0.39, 0.29) is 17.1 Å². The third kappa shape index (κ3) is 3.21. The number of ether oxygens (including phenoxy) is 1. The molecule has 0 bridgehead atoms. The van der Waals surface area contributed by atoms with E-state index >= 15 is 0 Å². The number of amides is 2. The molecule has 8 heteroatoms. The second kappa shape index (κ2) is 6.52. The standard InChI is InChI=1S/C17H12Cl2N2O3S/c18-9-2-4-13(12(19)6-9)24-10-5-8-1-3-11(14(8)20-7-10)15-16(22)21-17(23)25-15/h2,4-7,11,15H,1,3H2,(H,21,22,23). The van der Waals surface area contributed by atoms with E-state index in [1.54, 1.807) is 24.4 Å². The molecule has 1 aliphatic heterocycles. The number of carbonyl (C=O) groups is 2. The highest BCUT2D eigenvalue weighted by Crippen LogP contribution is 2.42. The van der Waals surface area contributed by atoms with Gasteiger partial charge in [0, 0.05) is 16.6 Å². The van der Waals surface area contributed by atoms with Crippen molar-refractivity contribution < 1.29 is 14.3 Å². The maximum absolute atomic E-state index is 11.9. The fourth-order valence-corrected chi connectivity index (χ4v) is 4.58. The summed E-state index contributed by atoms with van der Waals surface area (Å²) < 4.78 is 5.80. The van der Waals surface area contributed by atoms with Crippen molar-refractivity contribution in [3.05, 3.63) is 51.8 Å². The first-order valence-corrected chi connectivity index (χ1v) is 9.28. The summed E-state index contributed by atoms with van der Waals surface area (Å²) in [6.07, 6.45) is 3.18. The zero-order chi connectivity index (χ0) is 17.6. The first-order valence-electron chi connectivity index (χ1n) is 7.64. The summed E-state index contributed by atoms with van der Waals surface area (Å²) in [6, 6.07) is 6.92. The summed E-state index contributed by atoms with van der Waals surface area (Å²) in [6.45, 7) is 0. The molecule has 2 aromatic rings. The van der Waals surface area contributed by atoms with Gasteiger partial charge in [-0.25, -0.2) is 0 Å². The molecule has 4 rings (SSSR count). The van der Waals surface area contributed by atoms with Crippen LogP contribution in [-0.4, -0.2) is 21.4 Å². The number of carbonyl (C=O) groups excluding carboxylic acids is 2. The highest BCUT2D eigenvalue weighted by Gasteiger charge is 2.42. The fraction of sp³-hybridized carbons (Fsp3) is 0.235. The highest BCUT2D eigenvalue weighted by atomic mass is 35.5. The topological polar surface area (TPSA) is 68.3 Å². The monoisotopic (exact) mass is 394 g/mol.